The summed E-state index contributed by atoms with van der Waals surface area (Å²) in [5.74, 6) is -1.24. The van der Waals surface area contributed by atoms with Crippen LogP contribution in [0.3, 0.4) is 0 Å². The molecule has 0 saturated heterocycles. The highest BCUT2D eigenvalue weighted by atomic mass is 16.4. The fourth-order valence-electron chi connectivity index (χ4n) is 1.89. The molecule has 1 unspecified atom stereocenters. The Bertz CT molecular complexity index is 550. The van der Waals surface area contributed by atoms with Crippen LogP contribution in [0.5, 0.6) is 0 Å². The van der Waals surface area contributed by atoms with E-state index in [0.717, 1.165) is 0 Å². The van der Waals surface area contributed by atoms with Gasteiger partial charge < -0.3 is 21.1 Å². The van der Waals surface area contributed by atoms with Crippen molar-refractivity contribution in [2.45, 2.75) is 39.3 Å². The van der Waals surface area contributed by atoms with Crippen molar-refractivity contribution in [1.29, 1.82) is 0 Å². The SMILES string of the molecule is CC(C(=O)NC(C)(C)C)N(C)c1ccc(N)cc1C(=O)O. The third kappa shape index (κ3) is 4.37. The standard InChI is InChI=1S/C15H23N3O3/c1-9(13(19)17-15(2,3)4)18(5)12-7-6-10(16)8-11(12)14(20)21/h6-9H,16H2,1-5H3,(H,17,19)(H,20,21). The first-order chi connectivity index (χ1) is 9.53. The largest absolute Gasteiger partial charge is 0.478 e. The summed E-state index contributed by atoms with van der Waals surface area (Å²) in [6, 6.07) is 4.11. The molecule has 1 atom stereocenters. The van der Waals surface area contributed by atoms with E-state index in [1.807, 2.05) is 20.8 Å². The maximum atomic E-state index is 12.2. The Morgan fingerprint density at radius 2 is 1.90 bits per heavy atom. The zero-order valence-electron chi connectivity index (χ0n) is 13.1. The molecule has 0 aliphatic heterocycles. The molecule has 0 aliphatic rings. The van der Waals surface area contributed by atoms with Gasteiger partial charge >= 0.3 is 5.97 Å². The minimum Gasteiger partial charge on any atom is -0.478 e. The summed E-state index contributed by atoms with van der Waals surface area (Å²) >= 11 is 0. The molecule has 6 heteroatoms. The lowest BCUT2D eigenvalue weighted by Gasteiger charge is -2.30. The van der Waals surface area contributed by atoms with Crippen LogP contribution in [-0.2, 0) is 4.79 Å². The Morgan fingerprint density at radius 1 is 1.33 bits per heavy atom. The number of carboxylic acid groups (broad SMARTS) is 1. The van der Waals surface area contributed by atoms with Gasteiger partial charge in [-0.3, -0.25) is 4.79 Å². The van der Waals surface area contributed by atoms with E-state index in [9.17, 15) is 14.7 Å². The predicted octanol–water partition coefficient (Wildman–Crippen LogP) is 1.71. The third-order valence-corrected chi connectivity index (χ3v) is 3.09. The summed E-state index contributed by atoms with van der Waals surface area (Å²) in [7, 11) is 1.69. The lowest BCUT2D eigenvalue weighted by molar-refractivity contribution is -0.123. The van der Waals surface area contributed by atoms with Crippen molar-refractivity contribution in [2.24, 2.45) is 0 Å². The van der Waals surface area contributed by atoms with Crippen LogP contribution in [0.15, 0.2) is 18.2 Å². The van der Waals surface area contributed by atoms with Crippen molar-refractivity contribution in [3.8, 4) is 0 Å². The van der Waals surface area contributed by atoms with Crippen LogP contribution in [0.2, 0.25) is 0 Å². The van der Waals surface area contributed by atoms with Crippen molar-refractivity contribution in [3.63, 3.8) is 0 Å². The van der Waals surface area contributed by atoms with E-state index in [1.165, 1.54) is 6.07 Å². The van der Waals surface area contributed by atoms with Gasteiger partial charge in [-0.05, 0) is 45.9 Å². The molecule has 0 bridgehead atoms. The predicted molar refractivity (Wildman–Crippen MR) is 83.6 cm³/mol. The number of nitrogens with one attached hydrogen (secondary N) is 1. The van der Waals surface area contributed by atoms with Crippen molar-refractivity contribution in [1.82, 2.24) is 5.32 Å². The van der Waals surface area contributed by atoms with Gasteiger partial charge in [0, 0.05) is 18.3 Å². The van der Waals surface area contributed by atoms with Gasteiger partial charge in [0.1, 0.15) is 6.04 Å². The maximum Gasteiger partial charge on any atom is 0.337 e. The molecular weight excluding hydrogens is 270 g/mol. The van der Waals surface area contributed by atoms with Crippen LogP contribution in [0.4, 0.5) is 11.4 Å². The number of anilines is 2. The quantitative estimate of drug-likeness (QED) is 0.734. The molecule has 0 heterocycles. The number of benzene rings is 1. The fraction of sp³-hybridized carbons (Fsp3) is 0.467. The first-order valence-electron chi connectivity index (χ1n) is 6.70. The van der Waals surface area contributed by atoms with E-state index in [4.69, 9.17) is 5.73 Å². The fourth-order valence-corrected chi connectivity index (χ4v) is 1.89. The molecule has 4 N–H and O–H groups in total. The van der Waals surface area contributed by atoms with Gasteiger partial charge in [-0.15, -0.1) is 0 Å². The van der Waals surface area contributed by atoms with Crippen molar-refractivity contribution in [2.75, 3.05) is 17.7 Å². The van der Waals surface area contributed by atoms with E-state index in [0.29, 0.717) is 11.4 Å². The first-order valence-corrected chi connectivity index (χ1v) is 6.70. The van der Waals surface area contributed by atoms with Gasteiger partial charge in [0.05, 0.1) is 11.3 Å². The number of carboxylic acids is 1. The Balaban J connectivity index is 3.05. The first kappa shape index (κ1) is 16.8. The van der Waals surface area contributed by atoms with E-state index in [2.05, 4.69) is 5.32 Å². The second kappa shape index (κ2) is 6.03. The van der Waals surface area contributed by atoms with Crippen LogP contribution in [0, 0.1) is 0 Å². The second-order valence-corrected chi connectivity index (χ2v) is 6.11. The number of aromatic carboxylic acids is 1. The lowest BCUT2D eigenvalue weighted by Crippen LogP contribution is -2.50. The number of nitrogens with zero attached hydrogens (tertiary/aromatic N) is 1. The number of nitrogen functional groups attached to an aromatic ring is 1. The molecular formula is C15H23N3O3. The number of rotatable bonds is 4. The summed E-state index contributed by atoms with van der Waals surface area (Å²) in [4.78, 5) is 25.1. The topological polar surface area (TPSA) is 95.7 Å². The molecule has 21 heavy (non-hydrogen) atoms. The van der Waals surface area contributed by atoms with Gasteiger partial charge in [0.2, 0.25) is 5.91 Å². The number of nitrogens with two attached hydrogens (primary N) is 1. The van der Waals surface area contributed by atoms with Crippen LogP contribution >= 0.6 is 0 Å². The second-order valence-electron chi connectivity index (χ2n) is 6.11. The van der Waals surface area contributed by atoms with E-state index < -0.39 is 12.0 Å². The molecule has 1 amide bonds. The van der Waals surface area contributed by atoms with Gasteiger partial charge in [-0.2, -0.15) is 0 Å². The normalized spacial score (nSPS) is 12.6. The summed E-state index contributed by atoms with van der Waals surface area (Å²) in [5, 5.41) is 12.1. The van der Waals surface area contributed by atoms with E-state index in [1.54, 1.807) is 31.0 Å². The average Bonchev–Trinajstić information content (AvgIpc) is 2.34. The number of amides is 1. The Hall–Kier alpha value is -2.24. The summed E-state index contributed by atoms with van der Waals surface area (Å²) in [6.45, 7) is 7.40. The molecule has 0 fully saturated rings. The molecule has 1 rings (SSSR count). The highest BCUT2D eigenvalue weighted by Crippen LogP contribution is 2.24. The maximum absolute atomic E-state index is 12.2. The monoisotopic (exact) mass is 293 g/mol. The zero-order valence-corrected chi connectivity index (χ0v) is 13.1. The smallest absolute Gasteiger partial charge is 0.337 e. The van der Waals surface area contributed by atoms with Crippen LogP contribution in [0.25, 0.3) is 0 Å². The van der Waals surface area contributed by atoms with Crippen LogP contribution < -0.4 is 16.0 Å². The highest BCUT2D eigenvalue weighted by Gasteiger charge is 2.25. The van der Waals surface area contributed by atoms with Crippen molar-refractivity contribution >= 4 is 23.3 Å². The Kier molecular flexibility index (Phi) is 4.83. The molecule has 0 aromatic heterocycles. The zero-order chi connectivity index (χ0) is 16.4. The summed E-state index contributed by atoms with van der Waals surface area (Å²) in [6.07, 6.45) is 0. The summed E-state index contributed by atoms with van der Waals surface area (Å²) in [5.41, 5.74) is 6.18. The molecule has 1 aromatic rings. The average molecular weight is 293 g/mol. The number of likely N-dealkylation sites (N-methyl/N-ethyl adjacent to an activating group) is 1. The molecule has 0 saturated carbocycles. The minimum atomic E-state index is -1.08. The molecule has 0 spiro atoms. The number of carbonyl (C=O) groups excluding carboxylic acids is 1. The molecule has 0 radical (unpaired) electrons. The van der Waals surface area contributed by atoms with E-state index in [-0.39, 0.29) is 17.0 Å². The number of hydrogen-bond acceptors (Lipinski definition) is 4. The highest BCUT2D eigenvalue weighted by molar-refractivity contribution is 5.97. The van der Waals surface area contributed by atoms with Gasteiger partial charge in [-0.1, -0.05) is 0 Å². The molecule has 0 aliphatic carbocycles. The van der Waals surface area contributed by atoms with Crippen molar-refractivity contribution in [3.05, 3.63) is 23.8 Å². The number of hydrogen-bond donors (Lipinski definition) is 3. The Morgan fingerprint density at radius 3 is 2.38 bits per heavy atom. The van der Waals surface area contributed by atoms with E-state index >= 15 is 0 Å². The van der Waals surface area contributed by atoms with Gasteiger partial charge in [0.15, 0.2) is 0 Å². The molecule has 6 nitrogen and oxygen atoms in total. The van der Waals surface area contributed by atoms with Crippen LogP contribution in [-0.4, -0.2) is 35.6 Å². The third-order valence-electron chi connectivity index (χ3n) is 3.09. The number of carbonyl (C=O) groups is 2. The lowest BCUT2D eigenvalue weighted by atomic mass is 10.1. The van der Waals surface area contributed by atoms with Crippen LogP contribution in [0.1, 0.15) is 38.1 Å². The minimum absolute atomic E-state index is 0.0768. The summed E-state index contributed by atoms with van der Waals surface area (Å²) < 4.78 is 0. The Labute approximate surface area is 124 Å². The molecule has 1 aromatic carbocycles. The van der Waals surface area contributed by atoms with Crippen molar-refractivity contribution < 1.29 is 14.7 Å². The van der Waals surface area contributed by atoms with Gasteiger partial charge in [0.25, 0.3) is 0 Å². The van der Waals surface area contributed by atoms with Gasteiger partial charge in [-0.25, -0.2) is 4.79 Å². The molecule has 116 valence electrons.